The summed E-state index contributed by atoms with van der Waals surface area (Å²) in [5.74, 6) is -1.17. The molecular formula is C11H9N5O3. The predicted octanol–water partition coefficient (Wildman–Crippen LogP) is 0.121. The standard InChI is InChI=1S/C11H9N5O3/c1-15-4-6(3-12-15)8-5-16-9(10(17)13-8)2-7(14-16)11(18)19/h2-5H,1H3,(H,13,17)(H,18,19). The molecule has 0 amide bonds. The highest BCUT2D eigenvalue weighted by atomic mass is 16.4. The Labute approximate surface area is 105 Å². The van der Waals surface area contributed by atoms with Crippen LogP contribution >= 0.6 is 0 Å². The molecule has 0 fully saturated rings. The molecule has 0 radical (unpaired) electrons. The minimum atomic E-state index is -1.17. The van der Waals surface area contributed by atoms with Crippen LogP contribution in [0.15, 0.2) is 29.5 Å². The highest BCUT2D eigenvalue weighted by Crippen LogP contribution is 2.14. The molecule has 0 aromatic carbocycles. The van der Waals surface area contributed by atoms with Crippen LogP contribution in [0.5, 0.6) is 0 Å². The largest absolute Gasteiger partial charge is 0.476 e. The maximum atomic E-state index is 11.9. The lowest BCUT2D eigenvalue weighted by molar-refractivity contribution is 0.0690. The predicted molar refractivity (Wildman–Crippen MR) is 65.0 cm³/mol. The number of aromatic nitrogens is 5. The first-order valence-electron chi connectivity index (χ1n) is 5.39. The molecule has 0 unspecified atom stereocenters. The Morgan fingerprint density at radius 2 is 2.21 bits per heavy atom. The first-order chi connectivity index (χ1) is 9.04. The van der Waals surface area contributed by atoms with Gasteiger partial charge in [-0.3, -0.25) is 9.48 Å². The summed E-state index contributed by atoms with van der Waals surface area (Å²) < 4.78 is 2.86. The average Bonchev–Trinajstić information content (AvgIpc) is 2.95. The van der Waals surface area contributed by atoms with Crippen molar-refractivity contribution in [2.24, 2.45) is 7.05 Å². The number of aromatic amines is 1. The average molecular weight is 259 g/mol. The number of carboxylic acids is 1. The van der Waals surface area contributed by atoms with Crippen molar-refractivity contribution in [3.8, 4) is 11.3 Å². The van der Waals surface area contributed by atoms with E-state index in [1.165, 1.54) is 10.6 Å². The zero-order valence-electron chi connectivity index (χ0n) is 9.86. The van der Waals surface area contributed by atoms with Gasteiger partial charge in [0, 0.05) is 24.9 Å². The monoisotopic (exact) mass is 259 g/mol. The van der Waals surface area contributed by atoms with Gasteiger partial charge in [-0.15, -0.1) is 0 Å². The molecule has 0 atom stereocenters. The number of aryl methyl sites for hydroxylation is 1. The molecule has 2 N–H and O–H groups in total. The van der Waals surface area contributed by atoms with E-state index in [-0.39, 0.29) is 11.2 Å². The van der Waals surface area contributed by atoms with Gasteiger partial charge in [0.25, 0.3) is 5.56 Å². The lowest BCUT2D eigenvalue weighted by atomic mass is 10.3. The van der Waals surface area contributed by atoms with Gasteiger partial charge in [-0.1, -0.05) is 0 Å². The summed E-state index contributed by atoms with van der Waals surface area (Å²) >= 11 is 0. The Morgan fingerprint density at radius 3 is 2.84 bits per heavy atom. The van der Waals surface area contributed by atoms with Crippen LogP contribution in [-0.4, -0.2) is 35.5 Å². The molecule has 3 rings (SSSR count). The summed E-state index contributed by atoms with van der Waals surface area (Å²) in [5.41, 5.74) is 0.847. The second-order valence-corrected chi connectivity index (χ2v) is 4.06. The minimum absolute atomic E-state index is 0.172. The summed E-state index contributed by atoms with van der Waals surface area (Å²) in [6.45, 7) is 0. The molecule has 8 nitrogen and oxygen atoms in total. The van der Waals surface area contributed by atoms with E-state index in [9.17, 15) is 9.59 Å². The van der Waals surface area contributed by atoms with Crippen molar-refractivity contribution in [1.29, 1.82) is 0 Å². The van der Waals surface area contributed by atoms with Gasteiger partial charge in [-0.05, 0) is 0 Å². The van der Waals surface area contributed by atoms with E-state index in [1.54, 1.807) is 30.3 Å². The van der Waals surface area contributed by atoms with Gasteiger partial charge in [0.1, 0.15) is 5.52 Å². The fourth-order valence-electron chi connectivity index (χ4n) is 1.81. The van der Waals surface area contributed by atoms with Crippen LogP contribution < -0.4 is 5.56 Å². The van der Waals surface area contributed by atoms with Gasteiger partial charge in [-0.2, -0.15) is 10.2 Å². The zero-order chi connectivity index (χ0) is 13.6. The highest BCUT2D eigenvalue weighted by Gasteiger charge is 2.12. The second-order valence-electron chi connectivity index (χ2n) is 4.06. The molecule has 96 valence electrons. The SMILES string of the molecule is Cn1cc(-c2cn3nc(C(=O)O)cc3c(=O)[nH]2)cn1. The summed E-state index contributed by atoms with van der Waals surface area (Å²) in [6.07, 6.45) is 4.89. The van der Waals surface area contributed by atoms with E-state index in [1.807, 2.05) is 0 Å². The Hall–Kier alpha value is -2.90. The molecule has 19 heavy (non-hydrogen) atoms. The number of hydrogen-bond acceptors (Lipinski definition) is 4. The molecule has 8 heteroatoms. The number of fused-ring (bicyclic) bond motifs is 1. The van der Waals surface area contributed by atoms with Crippen LogP contribution in [0.1, 0.15) is 10.5 Å². The van der Waals surface area contributed by atoms with Crippen LogP contribution in [0, 0.1) is 0 Å². The number of nitrogens with zero attached hydrogens (tertiary/aromatic N) is 4. The van der Waals surface area contributed by atoms with Crippen molar-refractivity contribution in [3.63, 3.8) is 0 Å². The maximum absolute atomic E-state index is 11.9. The lowest BCUT2D eigenvalue weighted by Gasteiger charge is -1.98. The number of H-pyrrole nitrogens is 1. The van der Waals surface area contributed by atoms with Crippen molar-refractivity contribution in [3.05, 3.63) is 40.7 Å². The van der Waals surface area contributed by atoms with Crippen LogP contribution in [0.3, 0.4) is 0 Å². The van der Waals surface area contributed by atoms with Crippen molar-refractivity contribution in [1.82, 2.24) is 24.4 Å². The molecule has 3 heterocycles. The van der Waals surface area contributed by atoms with E-state index in [0.717, 1.165) is 0 Å². The molecule has 0 saturated heterocycles. The number of carboxylic acid groups (broad SMARTS) is 1. The third kappa shape index (κ3) is 1.79. The number of nitrogens with one attached hydrogen (secondary N) is 1. The van der Waals surface area contributed by atoms with Crippen LogP contribution in [0.25, 0.3) is 16.8 Å². The molecule has 0 aliphatic carbocycles. The minimum Gasteiger partial charge on any atom is -0.476 e. The fraction of sp³-hybridized carbons (Fsp3) is 0.0909. The summed E-state index contributed by atoms with van der Waals surface area (Å²) in [4.78, 5) is 25.4. The van der Waals surface area contributed by atoms with Crippen molar-refractivity contribution in [2.75, 3.05) is 0 Å². The third-order valence-corrected chi connectivity index (χ3v) is 2.70. The molecule has 0 aliphatic heterocycles. The van der Waals surface area contributed by atoms with Crippen molar-refractivity contribution in [2.45, 2.75) is 0 Å². The summed E-state index contributed by atoms with van der Waals surface area (Å²) in [6, 6.07) is 1.23. The van der Waals surface area contributed by atoms with Gasteiger partial charge in [0.2, 0.25) is 0 Å². The van der Waals surface area contributed by atoms with Gasteiger partial charge in [0.15, 0.2) is 5.69 Å². The molecule has 0 aliphatic rings. The fourth-order valence-corrected chi connectivity index (χ4v) is 1.81. The summed E-state index contributed by atoms with van der Waals surface area (Å²) in [5, 5.41) is 16.7. The van der Waals surface area contributed by atoms with Gasteiger partial charge >= 0.3 is 5.97 Å². The Bertz CT molecular complexity index is 842. The molecule has 0 saturated carbocycles. The topological polar surface area (TPSA) is 105 Å². The van der Waals surface area contributed by atoms with E-state index >= 15 is 0 Å². The van der Waals surface area contributed by atoms with E-state index in [2.05, 4.69) is 15.2 Å². The van der Waals surface area contributed by atoms with Crippen molar-refractivity contribution >= 4 is 11.5 Å². The molecule has 0 bridgehead atoms. The highest BCUT2D eigenvalue weighted by molar-refractivity contribution is 5.87. The van der Waals surface area contributed by atoms with E-state index in [0.29, 0.717) is 11.3 Å². The molecule has 0 spiro atoms. The molecule has 3 aromatic heterocycles. The number of aromatic carboxylic acids is 1. The summed E-state index contributed by atoms with van der Waals surface area (Å²) in [7, 11) is 1.76. The van der Waals surface area contributed by atoms with Gasteiger partial charge in [-0.25, -0.2) is 9.31 Å². The first-order valence-corrected chi connectivity index (χ1v) is 5.39. The van der Waals surface area contributed by atoms with Crippen LogP contribution in [0.2, 0.25) is 0 Å². The quantitative estimate of drug-likeness (QED) is 0.680. The van der Waals surface area contributed by atoms with Crippen molar-refractivity contribution < 1.29 is 9.90 Å². The van der Waals surface area contributed by atoms with E-state index in [4.69, 9.17) is 5.11 Å². The first kappa shape index (κ1) is 11.2. The van der Waals surface area contributed by atoms with E-state index < -0.39 is 11.5 Å². The van der Waals surface area contributed by atoms with Gasteiger partial charge < -0.3 is 10.1 Å². The maximum Gasteiger partial charge on any atom is 0.356 e. The van der Waals surface area contributed by atoms with Crippen LogP contribution in [0.4, 0.5) is 0 Å². The zero-order valence-corrected chi connectivity index (χ0v) is 9.86. The van der Waals surface area contributed by atoms with Gasteiger partial charge in [0.05, 0.1) is 18.1 Å². The Kier molecular flexibility index (Phi) is 2.24. The van der Waals surface area contributed by atoms with Crippen LogP contribution in [-0.2, 0) is 7.05 Å². The molecule has 3 aromatic rings. The normalized spacial score (nSPS) is 11.0. The second kappa shape index (κ2) is 3.80. The number of rotatable bonds is 2. The Balaban J connectivity index is 2.24. The smallest absolute Gasteiger partial charge is 0.356 e. The number of carbonyl (C=O) groups is 1. The molecular weight excluding hydrogens is 250 g/mol. The number of hydrogen-bond donors (Lipinski definition) is 2. The third-order valence-electron chi connectivity index (χ3n) is 2.70. The lowest BCUT2D eigenvalue weighted by Crippen LogP contribution is -2.10. The Morgan fingerprint density at radius 1 is 1.42 bits per heavy atom.